The quantitative estimate of drug-likeness (QED) is 0.384. The van der Waals surface area contributed by atoms with Crippen molar-refractivity contribution < 1.29 is 26.7 Å². The summed E-state index contributed by atoms with van der Waals surface area (Å²) in [6, 6.07) is 6.80. The maximum absolute atomic E-state index is 14.6. The highest BCUT2D eigenvalue weighted by atomic mass is 19.4. The van der Waals surface area contributed by atoms with Gasteiger partial charge in [0.05, 0.1) is 16.6 Å². The number of carbonyl (C=O) groups excluding carboxylic acids is 1. The van der Waals surface area contributed by atoms with Gasteiger partial charge in [0, 0.05) is 38.1 Å². The van der Waals surface area contributed by atoms with Gasteiger partial charge in [0.1, 0.15) is 23.9 Å². The van der Waals surface area contributed by atoms with Gasteiger partial charge in [-0.25, -0.2) is 14.4 Å². The van der Waals surface area contributed by atoms with Gasteiger partial charge < -0.3 is 15.2 Å². The van der Waals surface area contributed by atoms with Gasteiger partial charge in [-0.3, -0.25) is 14.5 Å². The molecule has 2 fully saturated rings. The van der Waals surface area contributed by atoms with Gasteiger partial charge in [-0.15, -0.1) is 0 Å². The van der Waals surface area contributed by atoms with Crippen LogP contribution in [0.15, 0.2) is 35.1 Å². The van der Waals surface area contributed by atoms with E-state index in [2.05, 4.69) is 19.9 Å². The first kappa shape index (κ1) is 26.0. The Morgan fingerprint density at radius 2 is 1.82 bits per heavy atom. The topological polar surface area (TPSA) is 94.2 Å². The first-order valence-corrected chi connectivity index (χ1v) is 12.3. The molecule has 1 amide bonds. The molecule has 2 unspecified atom stereocenters. The molecule has 1 aliphatic carbocycles. The third-order valence-corrected chi connectivity index (χ3v) is 7.16. The van der Waals surface area contributed by atoms with Crippen LogP contribution >= 0.6 is 0 Å². The molecule has 2 aliphatic rings. The van der Waals surface area contributed by atoms with Crippen molar-refractivity contribution in [2.45, 2.75) is 37.4 Å². The molecule has 1 aliphatic heterocycles. The van der Waals surface area contributed by atoms with Gasteiger partial charge in [-0.1, -0.05) is 0 Å². The van der Waals surface area contributed by atoms with Crippen LogP contribution in [0.25, 0.3) is 10.9 Å². The van der Waals surface area contributed by atoms with Gasteiger partial charge in [-0.2, -0.15) is 17.6 Å². The fourth-order valence-electron chi connectivity index (χ4n) is 5.25. The highest BCUT2D eigenvalue weighted by Gasteiger charge is 2.34. The number of hydrogen-bond donors (Lipinski definition) is 2. The molecule has 38 heavy (non-hydrogen) atoms. The Labute approximate surface area is 213 Å². The summed E-state index contributed by atoms with van der Waals surface area (Å²) in [6.45, 7) is 0.817. The number of anilines is 1. The summed E-state index contributed by atoms with van der Waals surface area (Å²) < 4.78 is 65.0. The summed E-state index contributed by atoms with van der Waals surface area (Å²) >= 11 is 0. The molecular weight excluding hydrogens is 511 g/mol. The van der Waals surface area contributed by atoms with E-state index in [1.807, 2.05) is 0 Å². The van der Waals surface area contributed by atoms with Crippen molar-refractivity contribution in [2.75, 3.05) is 37.6 Å². The van der Waals surface area contributed by atoms with Crippen molar-refractivity contribution in [1.29, 1.82) is 0 Å². The van der Waals surface area contributed by atoms with Gasteiger partial charge in [-0.05, 0) is 49.6 Å². The SMILES string of the molecule is O=C(NCC(F)(F)F)c1ccc(N2CCN(C3CCC(c4nc5ccc(F)cc5c(=O)[nH]4)C3)CC2)c(F)n1. The van der Waals surface area contributed by atoms with Crippen LogP contribution in [0, 0.1) is 11.8 Å². The zero-order valence-electron chi connectivity index (χ0n) is 20.2. The summed E-state index contributed by atoms with van der Waals surface area (Å²) in [7, 11) is 0. The minimum Gasteiger partial charge on any atom is -0.365 e. The van der Waals surface area contributed by atoms with Gasteiger partial charge in [0.2, 0.25) is 5.95 Å². The van der Waals surface area contributed by atoms with E-state index in [-0.39, 0.29) is 28.6 Å². The maximum atomic E-state index is 14.6. The summed E-state index contributed by atoms with van der Waals surface area (Å²) in [5, 5.41) is 1.90. The van der Waals surface area contributed by atoms with E-state index < -0.39 is 36.1 Å². The van der Waals surface area contributed by atoms with E-state index in [9.17, 15) is 31.5 Å². The Balaban J connectivity index is 1.18. The monoisotopic (exact) mass is 536 g/mol. The molecule has 0 bridgehead atoms. The molecule has 8 nitrogen and oxygen atoms in total. The lowest BCUT2D eigenvalue weighted by Crippen LogP contribution is -2.50. The van der Waals surface area contributed by atoms with Crippen LogP contribution in [0.1, 0.15) is 41.5 Å². The number of benzene rings is 1. The second kappa shape index (κ2) is 10.3. The minimum atomic E-state index is -4.57. The molecule has 2 aromatic heterocycles. The summed E-state index contributed by atoms with van der Waals surface area (Å²) in [4.78, 5) is 39.3. The predicted octanol–water partition coefficient (Wildman–Crippen LogP) is 3.35. The first-order chi connectivity index (χ1) is 18.1. The van der Waals surface area contributed by atoms with Crippen LogP contribution in [0.3, 0.4) is 0 Å². The lowest BCUT2D eigenvalue weighted by Gasteiger charge is -2.39. The van der Waals surface area contributed by atoms with E-state index in [0.717, 1.165) is 19.3 Å². The number of nitrogens with zero attached hydrogens (tertiary/aromatic N) is 4. The maximum Gasteiger partial charge on any atom is 0.405 e. The lowest BCUT2D eigenvalue weighted by atomic mass is 10.1. The largest absolute Gasteiger partial charge is 0.405 e. The van der Waals surface area contributed by atoms with Crippen molar-refractivity contribution >= 4 is 22.5 Å². The van der Waals surface area contributed by atoms with Gasteiger partial charge in [0.15, 0.2) is 0 Å². The number of carbonyl (C=O) groups is 1. The first-order valence-electron chi connectivity index (χ1n) is 12.3. The van der Waals surface area contributed by atoms with E-state index in [4.69, 9.17) is 0 Å². The van der Waals surface area contributed by atoms with Crippen molar-refractivity contribution in [3.8, 4) is 0 Å². The summed E-state index contributed by atoms with van der Waals surface area (Å²) in [5.41, 5.74) is -0.130. The number of alkyl halides is 3. The van der Waals surface area contributed by atoms with E-state index in [0.29, 0.717) is 37.5 Å². The number of piperazine rings is 1. The Hall–Kier alpha value is -3.61. The van der Waals surface area contributed by atoms with Gasteiger partial charge >= 0.3 is 6.18 Å². The fourth-order valence-corrected chi connectivity index (χ4v) is 5.25. The number of aromatic amines is 1. The van der Waals surface area contributed by atoms with Crippen LogP contribution in [-0.4, -0.2) is 70.7 Å². The van der Waals surface area contributed by atoms with Crippen LogP contribution < -0.4 is 15.8 Å². The van der Waals surface area contributed by atoms with Crippen LogP contribution in [0.4, 0.5) is 27.6 Å². The van der Waals surface area contributed by atoms with E-state index in [1.165, 1.54) is 30.3 Å². The summed E-state index contributed by atoms with van der Waals surface area (Å²) in [5.74, 6) is -1.83. The van der Waals surface area contributed by atoms with Crippen molar-refractivity contribution in [1.82, 2.24) is 25.2 Å². The molecule has 1 saturated carbocycles. The summed E-state index contributed by atoms with van der Waals surface area (Å²) in [6.07, 6.45) is -2.02. The molecule has 0 radical (unpaired) electrons. The molecule has 3 aromatic rings. The van der Waals surface area contributed by atoms with Gasteiger partial charge in [0.25, 0.3) is 11.5 Å². The Bertz CT molecular complexity index is 1400. The molecule has 3 heterocycles. The predicted molar refractivity (Wildman–Crippen MR) is 129 cm³/mol. The number of amides is 1. The third-order valence-electron chi connectivity index (χ3n) is 7.16. The zero-order valence-corrected chi connectivity index (χ0v) is 20.2. The van der Waals surface area contributed by atoms with Crippen molar-refractivity contribution in [2.24, 2.45) is 0 Å². The number of H-pyrrole nitrogens is 1. The third kappa shape index (κ3) is 5.62. The Morgan fingerprint density at radius 3 is 2.53 bits per heavy atom. The van der Waals surface area contributed by atoms with Crippen LogP contribution in [0.2, 0.25) is 0 Å². The fraction of sp³-hybridized carbons (Fsp3) is 0.440. The minimum absolute atomic E-state index is 0.0675. The molecule has 1 aromatic carbocycles. The van der Waals surface area contributed by atoms with E-state index >= 15 is 0 Å². The smallest absolute Gasteiger partial charge is 0.365 e. The highest BCUT2D eigenvalue weighted by Crippen LogP contribution is 2.36. The number of hydrogen-bond acceptors (Lipinski definition) is 6. The second-order valence-corrected chi connectivity index (χ2v) is 9.60. The zero-order chi connectivity index (χ0) is 27.0. The van der Waals surface area contributed by atoms with Crippen molar-refractivity contribution in [3.63, 3.8) is 0 Å². The number of rotatable bonds is 5. The highest BCUT2D eigenvalue weighted by molar-refractivity contribution is 5.92. The lowest BCUT2D eigenvalue weighted by molar-refractivity contribution is -0.123. The van der Waals surface area contributed by atoms with E-state index in [1.54, 1.807) is 10.2 Å². The molecule has 0 spiro atoms. The second-order valence-electron chi connectivity index (χ2n) is 9.60. The van der Waals surface area contributed by atoms with Crippen LogP contribution in [0.5, 0.6) is 0 Å². The molecule has 2 atom stereocenters. The Kier molecular flexibility index (Phi) is 7.03. The van der Waals surface area contributed by atoms with Crippen LogP contribution in [-0.2, 0) is 0 Å². The number of fused-ring (bicyclic) bond motifs is 1. The normalized spacial score (nSPS) is 20.7. The number of pyridine rings is 1. The standard InChI is InChI=1S/C25H25F5N6O2/c26-15-2-4-18-17(12-15)23(37)34-22(33-18)14-1-3-16(11-14)35-7-9-36(10-8-35)20-6-5-19(32-21(20)27)24(38)31-13-25(28,29)30/h2,4-6,12,14,16H,1,3,7-11,13H2,(H,31,38)(H,33,34,37). The number of aromatic nitrogens is 3. The van der Waals surface area contributed by atoms with Crippen molar-refractivity contribution in [3.05, 3.63) is 64.0 Å². The number of halogens is 5. The Morgan fingerprint density at radius 1 is 1.05 bits per heavy atom. The molecule has 2 N–H and O–H groups in total. The average molecular weight is 537 g/mol. The molecule has 202 valence electrons. The molecule has 1 saturated heterocycles. The average Bonchev–Trinajstić information content (AvgIpc) is 3.38. The molecule has 13 heteroatoms. The molecule has 5 rings (SSSR count). The molecular formula is C25H25F5N6O2. The number of nitrogens with one attached hydrogen (secondary N) is 2.